The number of nitrogen functional groups attached to an aromatic ring is 1. The molecule has 6 heteroatoms. The first kappa shape index (κ1) is 12.6. The predicted octanol–water partition coefficient (Wildman–Crippen LogP) is 0.608. The van der Waals surface area contributed by atoms with E-state index in [9.17, 15) is 9.59 Å². The van der Waals surface area contributed by atoms with Crippen LogP contribution in [0.15, 0.2) is 35.1 Å². The first-order chi connectivity index (χ1) is 9.69. The summed E-state index contributed by atoms with van der Waals surface area (Å²) in [6.07, 6.45) is 0.806. The zero-order valence-corrected chi connectivity index (χ0v) is 10.7. The van der Waals surface area contributed by atoms with Crippen molar-refractivity contribution in [2.45, 2.75) is 19.1 Å². The quantitative estimate of drug-likeness (QED) is 0.797. The number of H-pyrrole nitrogens is 1. The van der Waals surface area contributed by atoms with Crippen molar-refractivity contribution in [2.24, 2.45) is 0 Å². The van der Waals surface area contributed by atoms with E-state index in [2.05, 4.69) is 9.97 Å². The van der Waals surface area contributed by atoms with Crippen LogP contribution >= 0.6 is 0 Å². The first-order valence-corrected chi connectivity index (χ1v) is 6.31. The van der Waals surface area contributed by atoms with Gasteiger partial charge in [0.05, 0.1) is 11.3 Å². The van der Waals surface area contributed by atoms with Crippen molar-refractivity contribution in [2.75, 3.05) is 5.73 Å². The lowest BCUT2D eigenvalue weighted by Crippen LogP contribution is -2.23. The van der Waals surface area contributed by atoms with Gasteiger partial charge in [0.15, 0.2) is 0 Å². The molecule has 3 rings (SSSR count). The maximum absolute atomic E-state index is 11.9. The molecule has 0 radical (unpaired) electrons. The molecule has 0 spiro atoms. The topological polar surface area (TPSA) is 92.1 Å². The van der Waals surface area contributed by atoms with Crippen molar-refractivity contribution in [1.29, 1.82) is 0 Å². The van der Waals surface area contributed by atoms with E-state index >= 15 is 0 Å². The second-order valence-corrected chi connectivity index (χ2v) is 4.79. The summed E-state index contributed by atoms with van der Waals surface area (Å²) in [6.45, 7) is 0.982. The number of aldehydes is 1. The van der Waals surface area contributed by atoms with Gasteiger partial charge in [-0.2, -0.15) is 0 Å². The van der Waals surface area contributed by atoms with E-state index in [1.807, 2.05) is 35.2 Å². The Morgan fingerprint density at radius 2 is 2.15 bits per heavy atom. The van der Waals surface area contributed by atoms with Crippen molar-refractivity contribution >= 4 is 12.2 Å². The van der Waals surface area contributed by atoms with E-state index in [1.165, 1.54) is 0 Å². The van der Waals surface area contributed by atoms with E-state index in [1.54, 1.807) is 0 Å². The number of hydrogen-bond donors (Lipinski definition) is 2. The largest absolute Gasteiger partial charge is 0.369 e. The molecule has 0 aliphatic carbocycles. The highest BCUT2D eigenvalue weighted by molar-refractivity contribution is 5.63. The number of nitrogens with one attached hydrogen (secondary N) is 1. The lowest BCUT2D eigenvalue weighted by atomic mass is 10.2. The highest BCUT2D eigenvalue weighted by Gasteiger charge is 2.33. The average molecular weight is 270 g/mol. The number of hydrogen-bond acceptors (Lipinski definition) is 5. The molecule has 1 aromatic heterocycles. The second-order valence-electron chi connectivity index (χ2n) is 4.79. The van der Waals surface area contributed by atoms with Crippen LogP contribution in [0.4, 0.5) is 5.95 Å². The zero-order chi connectivity index (χ0) is 14.1. The van der Waals surface area contributed by atoms with Crippen molar-refractivity contribution < 1.29 is 4.79 Å². The Morgan fingerprint density at radius 1 is 1.40 bits per heavy atom. The van der Waals surface area contributed by atoms with Gasteiger partial charge in [-0.1, -0.05) is 30.3 Å². The van der Waals surface area contributed by atoms with Gasteiger partial charge >= 0.3 is 0 Å². The van der Waals surface area contributed by atoms with Gasteiger partial charge in [-0.3, -0.25) is 14.7 Å². The van der Waals surface area contributed by atoms with Crippen LogP contribution in [0, 0.1) is 0 Å². The highest BCUT2D eigenvalue weighted by Crippen LogP contribution is 2.30. The third-order valence-corrected chi connectivity index (χ3v) is 3.46. The molecule has 1 aromatic carbocycles. The normalized spacial score (nSPS) is 17.9. The molecule has 3 N–H and O–H groups in total. The van der Waals surface area contributed by atoms with Crippen LogP contribution < -0.4 is 11.3 Å². The van der Waals surface area contributed by atoms with E-state index < -0.39 is 6.04 Å². The second kappa shape index (κ2) is 4.90. The van der Waals surface area contributed by atoms with Crippen LogP contribution in [-0.4, -0.2) is 21.2 Å². The van der Waals surface area contributed by atoms with Gasteiger partial charge in [-0.15, -0.1) is 0 Å². The smallest absolute Gasteiger partial charge is 0.257 e. The molecular weight excluding hydrogens is 256 g/mol. The molecule has 102 valence electrons. The number of aromatic amines is 1. The molecule has 0 saturated carbocycles. The molecule has 1 aliphatic rings. The molecule has 1 aliphatic heterocycles. The number of nitrogens with zero attached hydrogens (tertiary/aromatic N) is 2. The van der Waals surface area contributed by atoms with Gasteiger partial charge in [0.1, 0.15) is 12.3 Å². The van der Waals surface area contributed by atoms with Gasteiger partial charge in [0.25, 0.3) is 5.56 Å². The fourth-order valence-electron chi connectivity index (χ4n) is 2.53. The standard InChI is InChI=1S/C14H14N4O2/c15-14-16-12-10(13(20)17-14)7-18(11(12)8-19)6-9-4-2-1-3-5-9/h1-5,8,11H,6-7H2,(H3,15,16,17,20). The third-order valence-electron chi connectivity index (χ3n) is 3.46. The molecule has 6 nitrogen and oxygen atoms in total. The minimum atomic E-state index is -0.519. The Labute approximate surface area is 115 Å². The minimum absolute atomic E-state index is 0.0437. The molecule has 0 bridgehead atoms. The predicted molar refractivity (Wildman–Crippen MR) is 73.8 cm³/mol. The van der Waals surface area contributed by atoms with Crippen LogP contribution in [0.5, 0.6) is 0 Å². The summed E-state index contributed by atoms with van der Waals surface area (Å²) in [7, 11) is 0. The van der Waals surface area contributed by atoms with Crippen molar-refractivity contribution in [3.63, 3.8) is 0 Å². The molecule has 2 aromatic rings. The Morgan fingerprint density at radius 3 is 2.85 bits per heavy atom. The minimum Gasteiger partial charge on any atom is -0.369 e. The first-order valence-electron chi connectivity index (χ1n) is 6.31. The number of nitrogens with two attached hydrogens (primary N) is 1. The van der Waals surface area contributed by atoms with Crippen molar-refractivity contribution in [1.82, 2.24) is 14.9 Å². The van der Waals surface area contributed by atoms with Crippen molar-refractivity contribution in [3.8, 4) is 0 Å². The van der Waals surface area contributed by atoms with Crippen LogP contribution in [-0.2, 0) is 17.9 Å². The zero-order valence-electron chi connectivity index (χ0n) is 10.7. The molecule has 1 unspecified atom stereocenters. The van der Waals surface area contributed by atoms with Gasteiger partial charge < -0.3 is 10.5 Å². The maximum Gasteiger partial charge on any atom is 0.257 e. The molecule has 1 atom stereocenters. The maximum atomic E-state index is 11.9. The summed E-state index contributed by atoms with van der Waals surface area (Å²) < 4.78 is 0. The molecule has 0 fully saturated rings. The number of carbonyl (C=O) groups is 1. The van der Waals surface area contributed by atoms with Crippen LogP contribution in [0.25, 0.3) is 0 Å². The lowest BCUT2D eigenvalue weighted by Gasteiger charge is -2.19. The SMILES string of the molecule is Nc1nc2c(c(=O)[nH]1)CN(Cc1ccccc1)C2C=O. The summed E-state index contributed by atoms with van der Waals surface area (Å²) in [6, 6.07) is 9.27. The van der Waals surface area contributed by atoms with Crippen LogP contribution in [0.3, 0.4) is 0 Å². The van der Waals surface area contributed by atoms with E-state index in [-0.39, 0.29) is 11.5 Å². The fraction of sp³-hybridized carbons (Fsp3) is 0.214. The molecule has 2 heterocycles. The van der Waals surface area contributed by atoms with Crippen molar-refractivity contribution in [3.05, 3.63) is 57.5 Å². The van der Waals surface area contributed by atoms with Gasteiger partial charge in [-0.25, -0.2) is 4.98 Å². The summed E-state index contributed by atoms with van der Waals surface area (Å²) in [4.78, 5) is 31.7. The van der Waals surface area contributed by atoms with E-state index in [0.717, 1.165) is 11.8 Å². The molecule has 0 saturated heterocycles. The number of fused-ring (bicyclic) bond motifs is 1. The third kappa shape index (κ3) is 2.10. The fourth-order valence-corrected chi connectivity index (χ4v) is 2.53. The van der Waals surface area contributed by atoms with Gasteiger partial charge in [0.2, 0.25) is 5.95 Å². The number of rotatable bonds is 3. The summed E-state index contributed by atoms with van der Waals surface area (Å²) in [5.41, 5.74) is 7.35. The summed E-state index contributed by atoms with van der Waals surface area (Å²) in [5.74, 6) is 0.0437. The Kier molecular flexibility index (Phi) is 3.08. The summed E-state index contributed by atoms with van der Waals surface area (Å²) in [5, 5.41) is 0. The van der Waals surface area contributed by atoms with Crippen LogP contribution in [0.2, 0.25) is 0 Å². The number of aromatic nitrogens is 2. The van der Waals surface area contributed by atoms with E-state index in [0.29, 0.717) is 24.3 Å². The van der Waals surface area contributed by atoms with Gasteiger partial charge in [-0.05, 0) is 5.56 Å². The Bertz CT molecular complexity index is 696. The van der Waals surface area contributed by atoms with Gasteiger partial charge in [0, 0.05) is 13.1 Å². The number of benzene rings is 1. The highest BCUT2D eigenvalue weighted by atomic mass is 16.1. The van der Waals surface area contributed by atoms with E-state index in [4.69, 9.17) is 5.73 Å². The Balaban J connectivity index is 1.95. The Hall–Kier alpha value is -2.47. The average Bonchev–Trinajstić information content (AvgIpc) is 2.77. The number of carbonyl (C=O) groups excluding carboxylic acids is 1. The summed E-state index contributed by atoms with van der Waals surface area (Å²) >= 11 is 0. The lowest BCUT2D eigenvalue weighted by molar-refractivity contribution is -0.112. The number of anilines is 1. The molecule has 20 heavy (non-hydrogen) atoms. The van der Waals surface area contributed by atoms with Crippen LogP contribution in [0.1, 0.15) is 22.9 Å². The molecule has 0 amide bonds. The monoisotopic (exact) mass is 270 g/mol. The molecular formula is C14H14N4O2.